The summed E-state index contributed by atoms with van der Waals surface area (Å²) in [5.41, 5.74) is 5.59. The molecule has 0 spiro atoms. The fourth-order valence-electron chi connectivity index (χ4n) is 8.61. The second-order valence-electron chi connectivity index (χ2n) is 16.9. The second kappa shape index (κ2) is 18.5. The third kappa shape index (κ3) is 8.69. The van der Waals surface area contributed by atoms with Gasteiger partial charge in [-0.15, -0.1) is 0 Å². The summed E-state index contributed by atoms with van der Waals surface area (Å²) in [6.45, 7) is 3.97. The number of hydrogen-bond acceptors (Lipinski definition) is 12. The molecule has 8 rings (SSSR count). The molecule has 2 saturated carbocycles. The van der Waals surface area contributed by atoms with Crippen molar-refractivity contribution in [3.8, 4) is 56.8 Å². The number of methoxy groups -OCH3 is 5. The van der Waals surface area contributed by atoms with E-state index in [1.165, 1.54) is 7.11 Å². The molecule has 2 fully saturated rings. The molecular weight excluding hydrogens is 793 g/mol. The molecule has 4 aliphatic carbocycles. The summed E-state index contributed by atoms with van der Waals surface area (Å²) in [6.07, 6.45) is 7.93. The summed E-state index contributed by atoms with van der Waals surface area (Å²) in [4.78, 5) is 49.5. The Kier molecular flexibility index (Phi) is 13.2. The van der Waals surface area contributed by atoms with E-state index < -0.39 is 10.8 Å². The van der Waals surface area contributed by atoms with Crippen LogP contribution >= 0.6 is 0 Å². The summed E-state index contributed by atoms with van der Waals surface area (Å²) in [5.74, 6) is 2.80. The van der Waals surface area contributed by atoms with E-state index >= 15 is 0 Å². The number of carbonyl (C=O) groups excluding carboxylic acids is 4. The van der Waals surface area contributed by atoms with E-state index in [0.717, 1.165) is 83.0 Å². The highest BCUT2D eigenvalue weighted by molar-refractivity contribution is 6.03. The van der Waals surface area contributed by atoms with Crippen molar-refractivity contribution in [1.29, 1.82) is 0 Å². The normalized spacial score (nSPS) is 16.0. The third-order valence-electron chi connectivity index (χ3n) is 12.4. The van der Waals surface area contributed by atoms with Crippen molar-refractivity contribution >= 4 is 23.5 Å². The van der Waals surface area contributed by atoms with Crippen LogP contribution in [0.15, 0.2) is 60.7 Å². The molecular formula is C50H56O12. The van der Waals surface area contributed by atoms with Gasteiger partial charge in [-0.1, -0.05) is 36.4 Å². The highest BCUT2D eigenvalue weighted by Crippen LogP contribution is 2.51. The van der Waals surface area contributed by atoms with Crippen LogP contribution < -0.4 is 28.4 Å². The van der Waals surface area contributed by atoms with Crippen LogP contribution in [0.2, 0.25) is 0 Å². The number of esters is 2. The molecule has 4 aliphatic rings. The molecule has 0 aliphatic heterocycles. The van der Waals surface area contributed by atoms with Crippen molar-refractivity contribution in [2.24, 2.45) is 10.8 Å². The fraction of sp³-hybridized carbons (Fsp3) is 0.440. The SMILES string of the molecule is COC(=O)C1(COc2c(-c3cccc4c3CCC4=O)ccc(OC)c2OC)CC1.COc1ccc(-c2cccc3c2CCC3=O)c(OCC(C)(C)C(=O)OC2CCCC2)c1OC. The van der Waals surface area contributed by atoms with Crippen LogP contribution in [-0.4, -0.2) is 78.4 Å². The van der Waals surface area contributed by atoms with E-state index in [-0.39, 0.29) is 42.8 Å². The molecule has 0 unspecified atom stereocenters. The maximum Gasteiger partial charge on any atom is 0.315 e. The molecule has 0 radical (unpaired) electrons. The van der Waals surface area contributed by atoms with Gasteiger partial charge in [-0.25, -0.2) is 0 Å². The lowest BCUT2D eigenvalue weighted by Gasteiger charge is -2.26. The van der Waals surface area contributed by atoms with E-state index in [1.54, 1.807) is 28.4 Å². The van der Waals surface area contributed by atoms with Gasteiger partial charge in [0, 0.05) is 35.1 Å². The van der Waals surface area contributed by atoms with Crippen molar-refractivity contribution in [3.05, 3.63) is 82.9 Å². The van der Waals surface area contributed by atoms with E-state index in [4.69, 9.17) is 37.9 Å². The van der Waals surface area contributed by atoms with Gasteiger partial charge in [-0.2, -0.15) is 0 Å². The van der Waals surface area contributed by atoms with E-state index in [2.05, 4.69) is 0 Å². The zero-order valence-electron chi connectivity index (χ0n) is 36.7. The Bertz CT molecular complexity index is 2350. The van der Waals surface area contributed by atoms with Crippen LogP contribution in [0.1, 0.15) is 97.1 Å². The summed E-state index contributed by atoms with van der Waals surface area (Å²) >= 11 is 0. The van der Waals surface area contributed by atoms with Crippen LogP contribution in [0.3, 0.4) is 0 Å². The molecule has 0 heterocycles. The molecule has 0 bridgehead atoms. The maximum atomic E-state index is 12.9. The molecule has 62 heavy (non-hydrogen) atoms. The lowest BCUT2D eigenvalue weighted by molar-refractivity contribution is -0.161. The lowest BCUT2D eigenvalue weighted by atomic mass is 9.94. The smallest absolute Gasteiger partial charge is 0.315 e. The van der Waals surface area contributed by atoms with Crippen molar-refractivity contribution in [3.63, 3.8) is 0 Å². The van der Waals surface area contributed by atoms with E-state index in [1.807, 2.05) is 74.5 Å². The minimum Gasteiger partial charge on any atom is -0.493 e. The number of Topliss-reactive ketones (excluding diaryl/α,β-unsaturated/α-hetero) is 2. The first-order valence-corrected chi connectivity index (χ1v) is 21.3. The number of rotatable bonds is 15. The average Bonchev–Trinajstić information content (AvgIpc) is 3.51. The Labute approximate surface area is 363 Å². The van der Waals surface area contributed by atoms with Crippen molar-refractivity contribution in [2.45, 2.75) is 84.2 Å². The highest BCUT2D eigenvalue weighted by Gasteiger charge is 2.52. The molecule has 4 aromatic rings. The topological polar surface area (TPSA) is 142 Å². The molecule has 0 atom stereocenters. The van der Waals surface area contributed by atoms with Crippen molar-refractivity contribution < 1.29 is 57.1 Å². The zero-order valence-corrected chi connectivity index (χ0v) is 36.7. The van der Waals surface area contributed by atoms with Gasteiger partial charge in [0.25, 0.3) is 0 Å². The number of fused-ring (bicyclic) bond motifs is 2. The Morgan fingerprint density at radius 1 is 0.597 bits per heavy atom. The molecule has 0 N–H and O–H groups in total. The highest BCUT2D eigenvalue weighted by atomic mass is 16.6. The average molecular weight is 849 g/mol. The standard InChI is InChI=1S/C27H32O6.C23H24O6/c1-27(2,26(29)33-17-8-5-6-9-17)16-32-24-21(13-15-23(30-3)25(24)31-4)18-10-7-11-20-19(18)12-14-22(20)28;1-26-19-10-8-17(14-5-4-6-16-15(14)7-9-18(16)24)20(21(19)27-2)29-13-23(11-12-23)22(25)28-3/h7,10-11,13,15,17H,5-6,8-9,12,14,16H2,1-4H3;4-6,8,10H,7,9,11-13H2,1-3H3. The van der Waals surface area contributed by atoms with E-state index in [9.17, 15) is 19.2 Å². The van der Waals surface area contributed by atoms with Crippen LogP contribution in [0, 0.1) is 10.8 Å². The second-order valence-corrected chi connectivity index (χ2v) is 16.9. The number of benzene rings is 4. The zero-order chi connectivity index (χ0) is 44.2. The molecule has 328 valence electrons. The Morgan fingerprint density at radius 2 is 1.08 bits per heavy atom. The van der Waals surface area contributed by atoms with Gasteiger partial charge >= 0.3 is 11.9 Å². The van der Waals surface area contributed by atoms with Crippen LogP contribution in [0.5, 0.6) is 34.5 Å². The quantitative estimate of drug-likeness (QED) is 0.105. The number of ketones is 2. The summed E-state index contributed by atoms with van der Waals surface area (Å²) in [5, 5.41) is 0. The predicted octanol–water partition coefficient (Wildman–Crippen LogP) is 9.22. The Hall–Kier alpha value is -6.04. The Balaban J connectivity index is 0.000000188. The number of ether oxygens (including phenoxy) is 8. The van der Waals surface area contributed by atoms with Gasteiger partial charge in [0.15, 0.2) is 34.6 Å². The maximum absolute atomic E-state index is 12.9. The largest absolute Gasteiger partial charge is 0.493 e. The monoisotopic (exact) mass is 848 g/mol. The van der Waals surface area contributed by atoms with Gasteiger partial charge in [-0.05, 0) is 112 Å². The molecule has 12 heteroatoms. The van der Waals surface area contributed by atoms with Crippen LogP contribution in [-0.2, 0) is 31.9 Å². The summed E-state index contributed by atoms with van der Waals surface area (Å²) in [7, 11) is 7.65. The number of carbonyl (C=O) groups is 4. The molecule has 12 nitrogen and oxygen atoms in total. The first-order valence-electron chi connectivity index (χ1n) is 21.3. The molecule has 0 aromatic heterocycles. The van der Waals surface area contributed by atoms with Crippen LogP contribution in [0.4, 0.5) is 0 Å². The minimum atomic E-state index is -0.845. The predicted molar refractivity (Wildman–Crippen MR) is 232 cm³/mol. The molecule has 0 amide bonds. The first-order chi connectivity index (χ1) is 29.9. The van der Waals surface area contributed by atoms with E-state index in [0.29, 0.717) is 60.2 Å². The molecule has 4 aromatic carbocycles. The van der Waals surface area contributed by atoms with Crippen molar-refractivity contribution in [1.82, 2.24) is 0 Å². The van der Waals surface area contributed by atoms with Gasteiger partial charge < -0.3 is 37.9 Å². The third-order valence-corrected chi connectivity index (χ3v) is 12.4. The van der Waals surface area contributed by atoms with Gasteiger partial charge in [0.1, 0.15) is 24.7 Å². The Morgan fingerprint density at radius 3 is 1.53 bits per heavy atom. The number of hydrogen-bond donors (Lipinski definition) is 0. The van der Waals surface area contributed by atoms with Crippen LogP contribution in [0.25, 0.3) is 22.3 Å². The summed E-state index contributed by atoms with van der Waals surface area (Å²) in [6, 6.07) is 19.0. The lowest BCUT2D eigenvalue weighted by Crippen LogP contribution is -2.35. The molecule has 0 saturated heterocycles. The van der Waals surface area contributed by atoms with Gasteiger partial charge in [0.05, 0.1) is 41.0 Å². The van der Waals surface area contributed by atoms with Gasteiger partial charge in [0.2, 0.25) is 11.5 Å². The summed E-state index contributed by atoms with van der Waals surface area (Å²) < 4.78 is 45.4. The first kappa shape index (κ1) is 44.0. The van der Waals surface area contributed by atoms with Gasteiger partial charge in [-0.3, -0.25) is 19.2 Å². The van der Waals surface area contributed by atoms with Crippen molar-refractivity contribution in [2.75, 3.05) is 48.8 Å². The minimum absolute atomic E-state index is 0.00290. The fourth-order valence-corrected chi connectivity index (χ4v) is 8.61.